The third-order valence-electron chi connectivity index (χ3n) is 2.64. The summed E-state index contributed by atoms with van der Waals surface area (Å²) in [5.74, 6) is 0. The average Bonchev–Trinajstić information content (AvgIpc) is 2.29. The van der Waals surface area contributed by atoms with Gasteiger partial charge in [0.25, 0.3) is 0 Å². The molecule has 0 aromatic carbocycles. The second kappa shape index (κ2) is 4.25. The minimum atomic E-state index is 0.481. The fourth-order valence-corrected chi connectivity index (χ4v) is 1.76. The molecule has 0 aromatic heterocycles. The third kappa shape index (κ3) is 3.92. The van der Waals surface area contributed by atoms with Crippen molar-refractivity contribution in [1.29, 1.82) is 0 Å². The summed E-state index contributed by atoms with van der Waals surface area (Å²) < 4.78 is 6.88. The zero-order chi connectivity index (χ0) is 9.90. The first-order valence-electron chi connectivity index (χ1n) is 5.07. The summed E-state index contributed by atoms with van der Waals surface area (Å²) in [5, 5.41) is 0. The first-order chi connectivity index (χ1) is 5.99. The molecule has 1 heterocycles. The molecule has 1 atom stereocenters. The average molecular weight is 184 g/mol. The normalized spacial score (nSPS) is 26.2. The lowest BCUT2D eigenvalue weighted by atomic mass is 10.2. The molecule has 1 saturated heterocycles. The van der Waals surface area contributed by atoms with E-state index < -0.39 is 0 Å². The standard InChI is InChI=1S/C11H22NO/c1-10(2)6-8-13-11-5-7-12(3,4)9-11/h11H,1,5-9H2,2-4H3/q+1. The maximum atomic E-state index is 5.77. The molecule has 0 radical (unpaired) electrons. The van der Waals surface area contributed by atoms with E-state index in [2.05, 4.69) is 27.6 Å². The van der Waals surface area contributed by atoms with Crippen LogP contribution >= 0.6 is 0 Å². The summed E-state index contributed by atoms with van der Waals surface area (Å²) >= 11 is 0. The first-order valence-corrected chi connectivity index (χ1v) is 5.07. The van der Waals surface area contributed by atoms with Crippen LogP contribution in [0.4, 0.5) is 0 Å². The number of likely N-dealkylation sites (tertiary alicyclic amines) is 1. The van der Waals surface area contributed by atoms with Crippen molar-refractivity contribution >= 4 is 0 Å². The molecule has 2 heteroatoms. The van der Waals surface area contributed by atoms with Crippen molar-refractivity contribution in [1.82, 2.24) is 0 Å². The van der Waals surface area contributed by atoms with Crippen molar-refractivity contribution in [2.75, 3.05) is 33.8 Å². The van der Waals surface area contributed by atoms with Gasteiger partial charge in [-0.3, -0.25) is 0 Å². The maximum absolute atomic E-state index is 5.77. The summed E-state index contributed by atoms with van der Waals surface area (Å²) in [5.41, 5.74) is 1.21. The quantitative estimate of drug-likeness (QED) is 0.478. The second-order valence-electron chi connectivity index (χ2n) is 4.83. The van der Waals surface area contributed by atoms with E-state index in [4.69, 9.17) is 4.74 Å². The van der Waals surface area contributed by atoms with E-state index in [1.807, 2.05) is 0 Å². The van der Waals surface area contributed by atoms with Crippen molar-refractivity contribution in [2.24, 2.45) is 0 Å². The first kappa shape index (κ1) is 10.7. The van der Waals surface area contributed by atoms with Crippen LogP contribution in [0.3, 0.4) is 0 Å². The summed E-state index contributed by atoms with van der Waals surface area (Å²) in [7, 11) is 4.53. The predicted molar refractivity (Wildman–Crippen MR) is 55.6 cm³/mol. The summed E-state index contributed by atoms with van der Waals surface area (Å²) in [4.78, 5) is 0. The lowest BCUT2D eigenvalue weighted by molar-refractivity contribution is -0.879. The van der Waals surface area contributed by atoms with Gasteiger partial charge >= 0.3 is 0 Å². The van der Waals surface area contributed by atoms with Crippen LogP contribution < -0.4 is 0 Å². The molecule has 1 aliphatic heterocycles. The van der Waals surface area contributed by atoms with E-state index in [0.717, 1.165) is 24.1 Å². The van der Waals surface area contributed by atoms with Gasteiger partial charge in [0.1, 0.15) is 12.6 Å². The van der Waals surface area contributed by atoms with Crippen molar-refractivity contribution in [3.8, 4) is 0 Å². The number of hydrogen-bond donors (Lipinski definition) is 0. The zero-order valence-corrected chi connectivity index (χ0v) is 9.18. The minimum absolute atomic E-state index is 0.481. The van der Waals surface area contributed by atoms with Crippen molar-refractivity contribution in [3.05, 3.63) is 12.2 Å². The summed E-state index contributed by atoms with van der Waals surface area (Å²) in [6, 6.07) is 0. The lowest BCUT2D eigenvalue weighted by Crippen LogP contribution is -2.37. The van der Waals surface area contributed by atoms with Crippen LogP contribution in [0.1, 0.15) is 19.8 Å². The van der Waals surface area contributed by atoms with Crippen molar-refractivity contribution in [2.45, 2.75) is 25.9 Å². The molecule has 1 aliphatic rings. The highest BCUT2D eigenvalue weighted by atomic mass is 16.5. The zero-order valence-electron chi connectivity index (χ0n) is 9.18. The van der Waals surface area contributed by atoms with Crippen LogP contribution in [0.2, 0.25) is 0 Å². The van der Waals surface area contributed by atoms with Gasteiger partial charge in [0, 0.05) is 6.42 Å². The number of rotatable bonds is 4. The van der Waals surface area contributed by atoms with Gasteiger partial charge in [-0.2, -0.15) is 0 Å². The number of ether oxygens (including phenoxy) is 1. The molecule has 1 rings (SSSR count). The Labute approximate surface area is 81.8 Å². The van der Waals surface area contributed by atoms with Gasteiger partial charge < -0.3 is 9.22 Å². The molecule has 76 valence electrons. The van der Waals surface area contributed by atoms with E-state index in [-0.39, 0.29) is 0 Å². The number of nitrogens with zero attached hydrogens (tertiary/aromatic N) is 1. The molecule has 0 N–H and O–H groups in total. The number of quaternary nitrogens is 1. The fourth-order valence-electron chi connectivity index (χ4n) is 1.76. The molecular weight excluding hydrogens is 162 g/mol. The lowest BCUT2D eigenvalue weighted by Gasteiger charge is -2.23. The smallest absolute Gasteiger partial charge is 0.112 e. The SMILES string of the molecule is C=C(C)CCOC1CC[N+](C)(C)C1. The van der Waals surface area contributed by atoms with Gasteiger partial charge in [0.05, 0.1) is 27.2 Å². The molecule has 2 nitrogen and oxygen atoms in total. The predicted octanol–water partition coefficient (Wildman–Crippen LogP) is 1.82. The Hall–Kier alpha value is -0.340. The van der Waals surface area contributed by atoms with E-state index in [1.165, 1.54) is 18.5 Å². The van der Waals surface area contributed by atoms with E-state index in [0.29, 0.717) is 6.10 Å². The summed E-state index contributed by atoms with van der Waals surface area (Å²) in [6.07, 6.45) is 2.70. The summed E-state index contributed by atoms with van der Waals surface area (Å²) in [6.45, 7) is 9.18. The van der Waals surface area contributed by atoms with Crippen molar-refractivity contribution < 1.29 is 9.22 Å². The highest BCUT2D eigenvalue weighted by Gasteiger charge is 2.30. The third-order valence-corrected chi connectivity index (χ3v) is 2.64. The van der Waals surface area contributed by atoms with Crippen LogP contribution in [-0.2, 0) is 4.74 Å². The van der Waals surface area contributed by atoms with Crippen LogP contribution in [0.25, 0.3) is 0 Å². The second-order valence-corrected chi connectivity index (χ2v) is 4.83. The molecule has 0 aromatic rings. The van der Waals surface area contributed by atoms with Crippen LogP contribution in [0.15, 0.2) is 12.2 Å². The van der Waals surface area contributed by atoms with E-state index >= 15 is 0 Å². The molecule has 0 aliphatic carbocycles. The van der Waals surface area contributed by atoms with E-state index in [9.17, 15) is 0 Å². The Kier molecular flexibility index (Phi) is 3.51. The highest BCUT2D eigenvalue weighted by molar-refractivity contribution is 4.87. The van der Waals surface area contributed by atoms with Crippen LogP contribution in [-0.4, -0.2) is 44.4 Å². The Morgan fingerprint density at radius 3 is 2.69 bits per heavy atom. The van der Waals surface area contributed by atoms with Gasteiger partial charge in [-0.05, 0) is 13.3 Å². The molecule has 0 amide bonds. The molecule has 0 saturated carbocycles. The molecule has 0 bridgehead atoms. The van der Waals surface area contributed by atoms with Crippen LogP contribution in [0, 0.1) is 0 Å². The van der Waals surface area contributed by atoms with Gasteiger partial charge in [-0.15, -0.1) is 6.58 Å². The minimum Gasteiger partial charge on any atom is -0.372 e. The largest absolute Gasteiger partial charge is 0.372 e. The Morgan fingerprint density at radius 2 is 2.23 bits per heavy atom. The van der Waals surface area contributed by atoms with Crippen LogP contribution in [0.5, 0.6) is 0 Å². The Bertz CT molecular complexity index is 187. The molecular formula is C11H22NO+. The van der Waals surface area contributed by atoms with Gasteiger partial charge in [0.15, 0.2) is 0 Å². The Morgan fingerprint density at radius 1 is 1.54 bits per heavy atom. The van der Waals surface area contributed by atoms with Gasteiger partial charge in [-0.1, -0.05) is 5.57 Å². The molecule has 13 heavy (non-hydrogen) atoms. The van der Waals surface area contributed by atoms with Gasteiger partial charge in [0.2, 0.25) is 0 Å². The maximum Gasteiger partial charge on any atom is 0.112 e. The molecule has 1 unspecified atom stereocenters. The fraction of sp³-hybridized carbons (Fsp3) is 0.818. The Balaban J connectivity index is 2.14. The molecule has 1 fully saturated rings. The van der Waals surface area contributed by atoms with Crippen molar-refractivity contribution in [3.63, 3.8) is 0 Å². The topological polar surface area (TPSA) is 9.23 Å². The highest BCUT2D eigenvalue weighted by Crippen LogP contribution is 2.17. The van der Waals surface area contributed by atoms with Gasteiger partial charge in [-0.25, -0.2) is 0 Å². The van der Waals surface area contributed by atoms with E-state index in [1.54, 1.807) is 0 Å². The number of likely N-dealkylation sites (N-methyl/N-ethyl adjacent to an activating group) is 1. The number of hydrogen-bond acceptors (Lipinski definition) is 1. The molecule has 0 spiro atoms. The monoisotopic (exact) mass is 184 g/mol.